The first-order chi connectivity index (χ1) is 21.8. The molecule has 6 N–H and O–H groups in total. The fourth-order valence-corrected chi connectivity index (χ4v) is 5.13. The normalized spacial score (nSPS) is 13.3. The Morgan fingerprint density at radius 3 is 2.22 bits per heavy atom. The minimum Gasteiger partial charge on any atom is -0.391 e. The number of aromatic nitrogens is 1. The molecule has 0 radical (unpaired) electrons. The van der Waals surface area contributed by atoms with Crippen molar-refractivity contribution in [2.45, 2.75) is 70.7 Å². The second-order valence-corrected chi connectivity index (χ2v) is 12.5. The maximum atomic E-state index is 13.7. The Kier molecular flexibility index (Phi) is 10.9. The van der Waals surface area contributed by atoms with Crippen LogP contribution in [0.25, 0.3) is 10.9 Å². The molecule has 10 heteroatoms. The van der Waals surface area contributed by atoms with Crippen molar-refractivity contribution in [3.05, 3.63) is 113 Å². The summed E-state index contributed by atoms with van der Waals surface area (Å²) in [5, 5.41) is 20.8. The number of nitrogens with one attached hydrogen (secondary N) is 3. The number of benzene rings is 3. The predicted molar refractivity (Wildman–Crippen MR) is 177 cm³/mol. The molecule has 0 bridgehead atoms. The van der Waals surface area contributed by atoms with Crippen LogP contribution in [0.1, 0.15) is 64.7 Å². The number of hydrogen-bond acceptors (Lipinski definition) is 6. The molecule has 0 fully saturated rings. The minimum absolute atomic E-state index is 0.0544. The van der Waals surface area contributed by atoms with Gasteiger partial charge in [0.15, 0.2) is 0 Å². The van der Waals surface area contributed by atoms with E-state index in [1.165, 1.54) is 0 Å². The lowest BCUT2D eigenvalue weighted by Gasteiger charge is -2.28. The van der Waals surface area contributed by atoms with Gasteiger partial charge in [-0.3, -0.25) is 19.2 Å². The van der Waals surface area contributed by atoms with E-state index in [4.69, 9.17) is 5.73 Å². The monoisotopic (exact) mass is 623 g/mol. The van der Waals surface area contributed by atoms with Gasteiger partial charge in [-0.15, -0.1) is 0 Å². The van der Waals surface area contributed by atoms with E-state index in [1.54, 1.807) is 36.4 Å². The van der Waals surface area contributed by atoms with E-state index in [9.17, 15) is 24.3 Å². The van der Waals surface area contributed by atoms with Gasteiger partial charge in [0.1, 0.15) is 11.7 Å². The summed E-state index contributed by atoms with van der Waals surface area (Å²) in [6.07, 6.45) is -1.30. The summed E-state index contributed by atoms with van der Waals surface area (Å²) in [6, 6.07) is 23.1. The average Bonchev–Trinajstić information content (AvgIpc) is 2.99. The van der Waals surface area contributed by atoms with E-state index >= 15 is 0 Å². The number of primary amides is 1. The minimum atomic E-state index is -1.32. The molecule has 0 saturated carbocycles. The lowest BCUT2D eigenvalue weighted by molar-refractivity contribution is -0.128. The van der Waals surface area contributed by atoms with Crippen molar-refractivity contribution in [2.24, 2.45) is 5.73 Å². The number of carbonyl (C=O) groups excluding carboxylic acids is 4. The third-order valence-corrected chi connectivity index (χ3v) is 7.38. The van der Waals surface area contributed by atoms with E-state index in [-0.39, 0.29) is 24.4 Å². The van der Waals surface area contributed by atoms with Crippen LogP contribution >= 0.6 is 0 Å². The van der Waals surface area contributed by atoms with E-state index < -0.39 is 47.9 Å². The molecule has 3 aromatic carbocycles. The van der Waals surface area contributed by atoms with Crippen LogP contribution in [0.15, 0.2) is 84.9 Å². The average molecular weight is 624 g/mol. The number of fused-ring (bicyclic) bond motifs is 1. The van der Waals surface area contributed by atoms with E-state index in [0.29, 0.717) is 16.6 Å². The predicted octanol–water partition coefficient (Wildman–Crippen LogP) is 3.38. The van der Waals surface area contributed by atoms with Crippen LogP contribution in [0, 0.1) is 6.92 Å². The first-order valence-electron chi connectivity index (χ1n) is 15.2. The summed E-state index contributed by atoms with van der Waals surface area (Å²) in [4.78, 5) is 56.4. The summed E-state index contributed by atoms with van der Waals surface area (Å²) in [7, 11) is 0. The summed E-state index contributed by atoms with van der Waals surface area (Å²) in [5.41, 5.74) is 8.53. The second-order valence-electron chi connectivity index (χ2n) is 12.5. The van der Waals surface area contributed by atoms with Crippen LogP contribution < -0.4 is 21.7 Å². The lowest BCUT2D eigenvalue weighted by Crippen LogP contribution is -2.54. The molecule has 0 aliphatic carbocycles. The summed E-state index contributed by atoms with van der Waals surface area (Å²) < 4.78 is 0. The molecule has 0 saturated heterocycles. The van der Waals surface area contributed by atoms with Gasteiger partial charge < -0.3 is 26.8 Å². The van der Waals surface area contributed by atoms with Gasteiger partial charge in [-0.2, -0.15) is 0 Å². The van der Waals surface area contributed by atoms with Crippen molar-refractivity contribution < 1.29 is 24.3 Å². The van der Waals surface area contributed by atoms with Gasteiger partial charge in [0.05, 0.1) is 24.1 Å². The quantitative estimate of drug-likeness (QED) is 0.162. The van der Waals surface area contributed by atoms with Crippen molar-refractivity contribution >= 4 is 34.5 Å². The third kappa shape index (κ3) is 9.45. The molecule has 4 rings (SSSR count). The Morgan fingerprint density at radius 1 is 0.848 bits per heavy atom. The van der Waals surface area contributed by atoms with Crippen molar-refractivity contribution in [3.63, 3.8) is 0 Å². The molecule has 10 nitrogen and oxygen atoms in total. The Balaban J connectivity index is 1.57. The fraction of sp³-hybridized carbons (Fsp3) is 0.306. The van der Waals surface area contributed by atoms with Crippen molar-refractivity contribution in [1.29, 1.82) is 0 Å². The molecule has 4 amide bonds. The number of pyridine rings is 1. The summed E-state index contributed by atoms with van der Waals surface area (Å²) in [6.45, 7) is 7.56. The summed E-state index contributed by atoms with van der Waals surface area (Å²) >= 11 is 0. The molecule has 4 aromatic rings. The highest BCUT2D eigenvalue weighted by Gasteiger charge is 2.30. The number of aliphatic hydroxyl groups is 1. The lowest BCUT2D eigenvalue weighted by atomic mass is 9.93. The van der Waals surface area contributed by atoms with Crippen LogP contribution in [0.3, 0.4) is 0 Å². The Bertz CT molecular complexity index is 1720. The van der Waals surface area contributed by atoms with Crippen LogP contribution in [0.5, 0.6) is 0 Å². The standard InChI is InChI=1S/C36H41N5O5/c1-22-14-15-24-16-17-27(38-28(24)18-22)34(45)40-30(21-32(37)43)35(46)39-29(19-23-10-6-5-7-11-23)31(42)20-25-12-8-9-13-26(25)33(44)41-36(2,3)4/h5-18,29-31,42H,19-21H2,1-4H3,(H2,37,43)(H,39,46)(H,40,45)(H,41,44)/t29-,30-,31+/m0/s1. The zero-order chi connectivity index (χ0) is 33.4. The molecule has 0 aliphatic heterocycles. The number of nitrogens with two attached hydrogens (primary N) is 1. The van der Waals surface area contributed by atoms with Gasteiger partial charge in [-0.1, -0.05) is 66.7 Å². The van der Waals surface area contributed by atoms with Gasteiger partial charge in [0, 0.05) is 22.9 Å². The highest BCUT2D eigenvalue weighted by atomic mass is 16.3. The second kappa shape index (κ2) is 14.8. The molecule has 240 valence electrons. The van der Waals surface area contributed by atoms with E-state index in [1.807, 2.05) is 76.2 Å². The van der Waals surface area contributed by atoms with Crippen molar-refractivity contribution in [3.8, 4) is 0 Å². The Hall–Kier alpha value is -5.09. The molecule has 1 aromatic heterocycles. The number of aryl methyl sites for hydroxylation is 1. The number of nitrogens with zero attached hydrogens (tertiary/aromatic N) is 1. The van der Waals surface area contributed by atoms with Crippen LogP contribution in [-0.4, -0.2) is 57.4 Å². The molecule has 0 unspecified atom stereocenters. The molecule has 46 heavy (non-hydrogen) atoms. The van der Waals surface area contributed by atoms with Gasteiger partial charge in [-0.05, 0) is 69.0 Å². The molecular weight excluding hydrogens is 582 g/mol. The molecular formula is C36H41N5O5. The highest BCUT2D eigenvalue weighted by molar-refractivity contribution is 5.99. The molecule has 0 spiro atoms. The first kappa shape index (κ1) is 33.8. The van der Waals surface area contributed by atoms with Gasteiger partial charge in [0.2, 0.25) is 11.8 Å². The zero-order valence-corrected chi connectivity index (χ0v) is 26.5. The highest BCUT2D eigenvalue weighted by Crippen LogP contribution is 2.18. The number of carbonyl (C=O) groups is 4. The largest absolute Gasteiger partial charge is 0.391 e. The van der Waals surface area contributed by atoms with Crippen LogP contribution in [-0.2, 0) is 22.4 Å². The van der Waals surface area contributed by atoms with Gasteiger partial charge >= 0.3 is 0 Å². The molecule has 1 heterocycles. The first-order valence-corrected chi connectivity index (χ1v) is 15.2. The molecule has 3 atom stereocenters. The van der Waals surface area contributed by atoms with Gasteiger partial charge in [-0.25, -0.2) is 4.98 Å². The third-order valence-electron chi connectivity index (χ3n) is 7.38. The fourth-order valence-electron chi connectivity index (χ4n) is 5.13. The Morgan fingerprint density at radius 2 is 1.52 bits per heavy atom. The smallest absolute Gasteiger partial charge is 0.270 e. The van der Waals surface area contributed by atoms with Crippen molar-refractivity contribution in [1.82, 2.24) is 20.9 Å². The SMILES string of the molecule is Cc1ccc2ccc(C(=O)N[C@@H](CC(N)=O)C(=O)N[C@@H](Cc3ccccc3)[C@H](O)Cc3ccccc3C(=O)NC(C)(C)C)nc2c1. The topological polar surface area (TPSA) is 164 Å². The van der Waals surface area contributed by atoms with Crippen LogP contribution in [0.4, 0.5) is 0 Å². The maximum absolute atomic E-state index is 13.7. The number of amides is 4. The summed E-state index contributed by atoms with van der Waals surface area (Å²) in [5.74, 6) is -2.41. The van der Waals surface area contributed by atoms with Gasteiger partial charge in [0.25, 0.3) is 11.8 Å². The molecule has 0 aliphatic rings. The number of hydrogen-bond donors (Lipinski definition) is 5. The Labute approximate surface area is 268 Å². The number of aliphatic hydroxyl groups excluding tert-OH is 1. The van der Waals surface area contributed by atoms with Crippen molar-refractivity contribution in [2.75, 3.05) is 0 Å². The van der Waals surface area contributed by atoms with E-state index in [2.05, 4.69) is 20.9 Å². The van der Waals surface area contributed by atoms with Crippen LogP contribution in [0.2, 0.25) is 0 Å². The zero-order valence-electron chi connectivity index (χ0n) is 26.5. The number of rotatable bonds is 12. The maximum Gasteiger partial charge on any atom is 0.270 e. The van der Waals surface area contributed by atoms with E-state index in [0.717, 1.165) is 16.5 Å².